The molecule has 1 saturated carbocycles. The van der Waals surface area contributed by atoms with E-state index >= 15 is 0 Å². The van der Waals surface area contributed by atoms with Gasteiger partial charge in [0.05, 0.1) is 18.2 Å². The standard InChI is InChI=1S/C14H22N2O2/c1-10(17)11-7-8-14(15-9-11)16-12-5-3-4-6-13(12)18-2/h7-10,12-13,17H,3-6H2,1-2H3,(H,15,16)/t10?,12-,13-/m1/s1. The summed E-state index contributed by atoms with van der Waals surface area (Å²) in [6.07, 6.45) is 6.24. The first-order chi connectivity index (χ1) is 8.70. The van der Waals surface area contributed by atoms with E-state index in [9.17, 15) is 5.11 Å². The fourth-order valence-corrected chi connectivity index (χ4v) is 2.47. The van der Waals surface area contributed by atoms with Crippen LogP contribution in [0.1, 0.15) is 44.3 Å². The van der Waals surface area contributed by atoms with Crippen molar-refractivity contribution in [2.45, 2.75) is 50.9 Å². The number of pyridine rings is 1. The van der Waals surface area contributed by atoms with E-state index in [-0.39, 0.29) is 6.10 Å². The second kappa shape index (κ2) is 6.16. The first-order valence-electron chi connectivity index (χ1n) is 6.64. The highest BCUT2D eigenvalue weighted by Crippen LogP contribution is 2.23. The minimum absolute atomic E-state index is 0.275. The third kappa shape index (κ3) is 3.21. The molecule has 0 amide bonds. The van der Waals surface area contributed by atoms with Crippen molar-refractivity contribution < 1.29 is 9.84 Å². The van der Waals surface area contributed by atoms with Gasteiger partial charge < -0.3 is 15.2 Å². The second-order valence-corrected chi connectivity index (χ2v) is 4.96. The van der Waals surface area contributed by atoms with Crippen LogP contribution in [0.4, 0.5) is 5.82 Å². The van der Waals surface area contributed by atoms with Crippen LogP contribution in [0.3, 0.4) is 0 Å². The average molecular weight is 250 g/mol. The Morgan fingerprint density at radius 1 is 1.39 bits per heavy atom. The third-order valence-electron chi connectivity index (χ3n) is 3.61. The molecule has 0 aromatic carbocycles. The Hall–Kier alpha value is -1.13. The highest BCUT2D eigenvalue weighted by atomic mass is 16.5. The van der Waals surface area contributed by atoms with Gasteiger partial charge in [-0.1, -0.05) is 18.9 Å². The molecule has 4 nitrogen and oxygen atoms in total. The van der Waals surface area contributed by atoms with E-state index in [2.05, 4.69) is 10.3 Å². The molecule has 100 valence electrons. The lowest BCUT2D eigenvalue weighted by molar-refractivity contribution is 0.0605. The number of anilines is 1. The first-order valence-corrected chi connectivity index (χ1v) is 6.64. The number of aromatic nitrogens is 1. The zero-order valence-electron chi connectivity index (χ0n) is 11.1. The maximum atomic E-state index is 9.44. The van der Waals surface area contributed by atoms with Gasteiger partial charge in [0.15, 0.2) is 0 Å². The lowest BCUT2D eigenvalue weighted by atomic mass is 9.92. The third-order valence-corrected chi connectivity index (χ3v) is 3.61. The molecule has 3 atom stereocenters. The van der Waals surface area contributed by atoms with Crippen LogP contribution in [0.15, 0.2) is 18.3 Å². The number of ether oxygens (including phenoxy) is 1. The summed E-state index contributed by atoms with van der Waals surface area (Å²) >= 11 is 0. The van der Waals surface area contributed by atoms with Gasteiger partial charge in [0.1, 0.15) is 5.82 Å². The summed E-state index contributed by atoms with van der Waals surface area (Å²) in [6, 6.07) is 4.17. The number of nitrogens with zero attached hydrogens (tertiary/aromatic N) is 1. The van der Waals surface area contributed by atoms with Gasteiger partial charge in [-0.15, -0.1) is 0 Å². The summed E-state index contributed by atoms with van der Waals surface area (Å²) in [6.45, 7) is 1.74. The average Bonchev–Trinajstić information content (AvgIpc) is 2.40. The Balaban J connectivity index is 1.99. The summed E-state index contributed by atoms with van der Waals surface area (Å²) < 4.78 is 5.51. The van der Waals surface area contributed by atoms with Crippen molar-refractivity contribution in [1.82, 2.24) is 4.98 Å². The monoisotopic (exact) mass is 250 g/mol. The van der Waals surface area contributed by atoms with Gasteiger partial charge in [-0.25, -0.2) is 4.98 Å². The van der Waals surface area contributed by atoms with Crippen molar-refractivity contribution in [2.24, 2.45) is 0 Å². The molecular weight excluding hydrogens is 228 g/mol. The van der Waals surface area contributed by atoms with E-state index in [1.807, 2.05) is 12.1 Å². The van der Waals surface area contributed by atoms with Crippen LogP contribution in [-0.2, 0) is 4.74 Å². The number of nitrogens with one attached hydrogen (secondary N) is 1. The topological polar surface area (TPSA) is 54.4 Å². The molecule has 1 heterocycles. The highest BCUT2D eigenvalue weighted by Gasteiger charge is 2.24. The molecule has 1 aromatic rings. The van der Waals surface area contributed by atoms with Crippen molar-refractivity contribution >= 4 is 5.82 Å². The summed E-state index contributed by atoms with van der Waals surface area (Å²) in [7, 11) is 1.77. The van der Waals surface area contributed by atoms with Crippen LogP contribution in [0.5, 0.6) is 0 Å². The van der Waals surface area contributed by atoms with Crippen molar-refractivity contribution in [3.63, 3.8) is 0 Å². The van der Waals surface area contributed by atoms with Crippen LogP contribution in [0.25, 0.3) is 0 Å². The molecule has 1 fully saturated rings. The molecule has 1 unspecified atom stereocenters. The minimum Gasteiger partial charge on any atom is -0.389 e. The van der Waals surface area contributed by atoms with Crippen LogP contribution in [0, 0.1) is 0 Å². The second-order valence-electron chi connectivity index (χ2n) is 4.96. The van der Waals surface area contributed by atoms with E-state index in [4.69, 9.17) is 4.74 Å². The number of hydrogen-bond acceptors (Lipinski definition) is 4. The van der Waals surface area contributed by atoms with E-state index in [0.29, 0.717) is 6.04 Å². The van der Waals surface area contributed by atoms with Gasteiger partial charge >= 0.3 is 0 Å². The number of methoxy groups -OCH3 is 1. The Morgan fingerprint density at radius 2 is 2.17 bits per heavy atom. The molecule has 4 heteroatoms. The molecule has 1 aliphatic carbocycles. The zero-order valence-corrected chi connectivity index (χ0v) is 11.1. The van der Waals surface area contributed by atoms with Gasteiger partial charge in [-0.3, -0.25) is 0 Å². The highest BCUT2D eigenvalue weighted by molar-refractivity contribution is 5.37. The van der Waals surface area contributed by atoms with Crippen LogP contribution in [-0.4, -0.2) is 29.3 Å². The SMILES string of the molecule is CO[C@@H]1CCCC[C@H]1Nc1ccc(C(C)O)cn1. The smallest absolute Gasteiger partial charge is 0.126 e. The molecule has 0 radical (unpaired) electrons. The maximum absolute atomic E-state index is 9.44. The quantitative estimate of drug-likeness (QED) is 0.862. The van der Waals surface area contributed by atoms with E-state index in [1.54, 1.807) is 20.2 Å². The molecule has 1 aromatic heterocycles. The van der Waals surface area contributed by atoms with Crippen molar-refractivity contribution in [3.05, 3.63) is 23.9 Å². The van der Waals surface area contributed by atoms with E-state index < -0.39 is 6.10 Å². The van der Waals surface area contributed by atoms with Gasteiger partial charge in [0.2, 0.25) is 0 Å². The van der Waals surface area contributed by atoms with Gasteiger partial charge in [0, 0.05) is 13.3 Å². The Bertz CT molecular complexity index is 365. The van der Waals surface area contributed by atoms with Gasteiger partial charge in [-0.05, 0) is 31.4 Å². The lowest BCUT2D eigenvalue weighted by Crippen LogP contribution is -2.37. The predicted octanol–water partition coefficient (Wildman–Crippen LogP) is 2.50. The van der Waals surface area contributed by atoms with Crippen LogP contribution in [0.2, 0.25) is 0 Å². The van der Waals surface area contributed by atoms with Crippen molar-refractivity contribution in [1.29, 1.82) is 0 Å². The molecule has 0 spiro atoms. The summed E-state index contributed by atoms with van der Waals surface area (Å²) in [5.41, 5.74) is 0.840. The zero-order chi connectivity index (χ0) is 13.0. The van der Waals surface area contributed by atoms with E-state index in [0.717, 1.165) is 24.2 Å². The van der Waals surface area contributed by atoms with Crippen molar-refractivity contribution in [2.75, 3.05) is 12.4 Å². The molecule has 0 bridgehead atoms. The van der Waals surface area contributed by atoms with Gasteiger partial charge in [0.25, 0.3) is 0 Å². The fraction of sp³-hybridized carbons (Fsp3) is 0.643. The Morgan fingerprint density at radius 3 is 2.78 bits per heavy atom. The maximum Gasteiger partial charge on any atom is 0.126 e. The first kappa shape index (κ1) is 13.3. The largest absolute Gasteiger partial charge is 0.389 e. The van der Waals surface area contributed by atoms with Crippen LogP contribution >= 0.6 is 0 Å². The summed E-state index contributed by atoms with van der Waals surface area (Å²) in [5.74, 6) is 0.855. The molecule has 0 aliphatic heterocycles. The van der Waals surface area contributed by atoms with E-state index in [1.165, 1.54) is 12.8 Å². The summed E-state index contributed by atoms with van der Waals surface area (Å²) in [4.78, 5) is 4.34. The minimum atomic E-state index is -0.465. The number of aliphatic hydroxyl groups excluding tert-OH is 1. The Labute approximate surface area is 108 Å². The molecule has 2 rings (SSSR count). The van der Waals surface area contributed by atoms with Crippen LogP contribution < -0.4 is 5.32 Å². The fourth-order valence-electron chi connectivity index (χ4n) is 2.47. The predicted molar refractivity (Wildman–Crippen MR) is 71.5 cm³/mol. The number of hydrogen-bond donors (Lipinski definition) is 2. The number of rotatable bonds is 4. The Kier molecular flexibility index (Phi) is 4.55. The lowest BCUT2D eigenvalue weighted by Gasteiger charge is -2.31. The van der Waals surface area contributed by atoms with Gasteiger partial charge in [-0.2, -0.15) is 0 Å². The normalized spacial score (nSPS) is 25.7. The molecule has 0 saturated heterocycles. The van der Waals surface area contributed by atoms with Crippen molar-refractivity contribution in [3.8, 4) is 0 Å². The number of aliphatic hydroxyl groups is 1. The molecule has 1 aliphatic rings. The molecule has 18 heavy (non-hydrogen) atoms. The summed E-state index contributed by atoms with van der Waals surface area (Å²) in [5, 5.41) is 12.9. The molecular formula is C14H22N2O2. The molecule has 2 N–H and O–H groups in total.